The largest absolute Gasteiger partial charge is 0.481 e. The molecule has 5 N–H and O–H groups in total. The lowest BCUT2D eigenvalue weighted by atomic mass is 9.98. The number of hydrogen-bond acceptors (Lipinski definition) is 6. The minimum atomic E-state index is -0.818. The quantitative estimate of drug-likeness (QED) is 0.347. The van der Waals surface area contributed by atoms with Gasteiger partial charge < -0.3 is 21.5 Å². The van der Waals surface area contributed by atoms with E-state index in [4.69, 9.17) is 16.1 Å². The second-order valence-corrected chi connectivity index (χ2v) is 7.62. The van der Waals surface area contributed by atoms with E-state index in [0.717, 1.165) is 37.2 Å². The molecule has 0 bridgehead atoms. The van der Waals surface area contributed by atoms with Crippen molar-refractivity contribution in [3.63, 3.8) is 0 Å². The van der Waals surface area contributed by atoms with Crippen LogP contribution in [0.4, 0.5) is 11.4 Å². The third kappa shape index (κ3) is 9.42. The molecule has 1 atom stereocenters. The fourth-order valence-electron chi connectivity index (χ4n) is 3.14. The van der Waals surface area contributed by atoms with Crippen molar-refractivity contribution >= 4 is 17.3 Å². The van der Waals surface area contributed by atoms with Gasteiger partial charge in [-0.2, -0.15) is 5.26 Å². The highest BCUT2D eigenvalue weighted by molar-refractivity contribution is 5.71. The number of nitriles is 1. The maximum Gasteiger partial charge on any atom is 0.307 e. The van der Waals surface area contributed by atoms with Gasteiger partial charge in [-0.1, -0.05) is 67.6 Å². The van der Waals surface area contributed by atoms with Crippen molar-refractivity contribution in [2.24, 2.45) is 0 Å². The van der Waals surface area contributed by atoms with Gasteiger partial charge in [0, 0.05) is 19.3 Å². The molecule has 0 spiro atoms. The van der Waals surface area contributed by atoms with Crippen LogP contribution in [-0.4, -0.2) is 35.7 Å². The summed E-state index contributed by atoms with van der Waals surface area (Å²) in [5.41, 5.74) is 9.33. The van der Waals surface area contributed by atoms with Gasteiger partial charge in [-0.3, -0.25) is 9.78 Å². The summed E-state index contributed by atoms with van der Waals surface area (Å²) in [6, 6.07) is 21.7. The fourth-order valence-corrected chi connectivity index (χ4v) is 3.14. The number of nitrogens with zero attached hydrogens (tertiary/aromatic N) is 2. The Morgan fingerprint density at radius 3 is 2.45 bits per heavy atom. The number of carboxylic acid groups (broad SMARTS) is 1. The van der Waals surface area contributed by atoms with Crippen molar-refractivity contribution in [3.8, 4) is 6.07 Å². The van der Waals surface area contributed by atoms with E-state index in [2.05, 4.69) is 22.5 Å². The summed E-state index contributed by atoms with van der Waals surface area (Å²) in [4.78, 5) is 14.8. The first-order valence-corrected chi connectivity index (χ1v) is 10.9. The number of pyridine rings is 1. The van der Waals surface area contributed by atoms with Gasteiger partial charge in [0.15, 0.2) is 0 Å². The molecule has 0 radical (unpaired) electrons. The van der Waals surface area contributed by atoms with Crippen LogP contribution in [0.1, 0.15) is 36.0 Å². The lowest BCUT2D eigenvalue weighted by Crippen LogP contribution is -2.23. The summed E-state index contributed by atoms with van der Waals surface area (Å²) in [5.74, 6) is -0.527. The van der Waals surface area contributed by atoms with Gasteiger partial charge in [-0.15, -0.1) is 0 Å². The van der Waals surface area contributed by atoms with Gasteiger partial charge in [0.2, 0.25) is 0 Å². The number of nitrogen functional groups attached to an aromatic ring is 1. The van der Waals surface area contributed by atoms with Crippen LogP contribution in [0.3, 0.4) is 0 Å². The highest BCUT2D eigenvalue weighted by atomic mass is 16.4. The smallest absolute Gasteiger partial charge is 0.307 e. The van der Waals surface area contributed by atoms with Crippen molar-refractivity contribution in [2.75, 3.05) is 30.7 Å². The van der Waals surface area contributed by atoms with E-state index in [1.165, 1.54) is 6.20 Å². The van der Waals surface area contributed by atoms with Crippen LogP contribution in [0.25, 0.3) is 0 Å². The van der Waals surface area contributed by atoms with Gasteiger partial charge in [0.1, 0.15) is 6.07 Å². The normalized spacial score (nSPS) is 10.9. The third-order valence-electron chi connectivity index (χ3n) is 4.95. The van der Waals surface area contributed by atoms with Crippen molar-refractivity contribution < 1.29 is 9.90 Å². The molecular formula is C26H31N5O2. The molecule has 1 unspecified atom stereocenters. The van der Waals surface area contributed by atoms with Gasteiger partial charge in [0.05, 0.1) is 29.6 Å². The molecule has 0 saturated heterocycles. The average Bonchev–Trinajstić information content (AvgIpc) is 2.83. The molecule has 0 amide bonds. The Kier molecular flexibility index (Phi) is 10.9. The summed E-state index contributed by atoms with van der Waals surface area (Å²) >= 11 is 0. The summed E-state index contributed by atoms with van der Waals surface area (Å²) in [7, 11) is 0. The summed E-state index contributed by atoms with van der Waals surface area (Å²) < 4.78 is 0. The lowest BCUT2D eigenvalue weighted by Gasteiger charge is -2.14. The highest BCUT2D eigenvalue weighted by Gasteiger charge is 2.08. The molecule has 2 aromatic carbocycles. The number of hydrogen-bond donors (Lipinski definition) is 4. The van der Waals surface area contributed by atoms with Crippen LogP contribution < -0.4 is 16.4 Å². The first-order valence-electron chi connectivity index (χ1n) is 10.9. The molecule has 0 aliphatic heterocycles. The second kappa shape index (κ2) is 14.2. The lowest BCUT2D eigenvalue weighted by molar-refractivity contribution is -0.136. The molecule has 0 saturated carbocycles. The second-order valence-electron chi connectivity index (χ2n) is 7.62. The van der Waals surface area contributed by atoms with Gasteiger partial charge in [-0.25, -0.2) is 0 Å². The zero-order valence-corrected chi connectivity index (χ0v) is 18.9. The molecule has 3 rings (SSSR count). The van der Waals surface area contributed by atoms with Crippen LogP contribution in [0.2, 0.25) is 0 Å². The van der Waals surface area contributed by atoms with Crippen LogP contribution in [0.15, 0.2) is 73.1 Å². The summed E-state index contributed by atoms with van der Waals surface area (Å²) in [6.45, 7) is 4.47. The van der Waals surface area contributed by atoms with E-state index in [-0.39, 0.29) is 6.42 Å². The zero-order chi connectivity index (χ0) is 23.9. The summed E-state index contributed by atoms with van der Waals surface area (Å²) in [6.07, 6.45) is 4.01. The number of benzene rings is 2. The molecular weight excluding hydrogens is 414 g/mol. The number of rotatable bonds is 10. The number of aromatic nitrogens is 1. The van der Waals surface area contributed by atoms with E-state index in [0.29, 0.717) is 22.9 Å². The van der Waals surface area contributed by atoms with Crippen molar-refractivity contribution in [1.82, 2.24) is 10.3 Å². The first kappa shape index (κ1) is 25.4. The van der Waals surface area contributed by atoms with Crippen LogP contribution in [0.5, 0.6) is 0 Å². The molecule has 0 fully saturated rings. The zero-order valence-electron chi connectivity index (χ0n) is 18.9. The average molecular weight is 446 g/mol. The number of carboxylic acids is 1. The Balaban J connectivity index is 0.000000554. The predicted octanol–water partition coefficient (Wildman–Crippen LogP) is 4.04. The van der Waals surface area contributed by atoms with Gasteiger partial charge >= 0.3 is 5.97 Å². The molecule has 0 aliphatic rings. The number of nitrogens with one attached hydrogen (secondary N) is 2. The number of nitrogens with two attached hydrogens (primary N) is 1. The minimum Gasteiger partial charge on any atom is -0.481 e. The maximum atomic E-state index is 10.8. The van der Waals surface area contributed by atoms with E-state index < -0.39 is 5.97 Å². The predicted molar refractivity (Wildman–Crippen MR) is 132 cm³/mol. The first-order chi connectivity index (χ1) is 16.0. The summed E-state index contributed by atoms with van der Waals surface area (Å²) in [5, 5.41) is 24.5. The SMILES string of the molecule is CC(CNCCCNc1cncc(C#N)c1N)c1cccc(CC(=O)O)c1.c1ccccc1. The standard InChI is InChI=1S/C20H25N5O2.C6H6/c1-14(16-5-2-4-15(8-16)9-19(26)27)11-23-6-3-7-25-18-13-24-12-17(10-21)20(18)22;1-2-4-6-5-3-1/h2,4-5,8,12-14,23,25H,3,6-7,9,11H2,1H3,(H2,22,24)(H,26,27);1-6H. The Morgan fingerprint density at radius 1 is 1.12 bits per heavy atom. The molecule has 33 heavy (non-hydrogen) atoms. The third-order valence-corrected chi connectivity index (χ3v) is 4.95. The molecule has 172 valence electrons. The van der Waals surface area contributed by atoms with Crippen LogP contribution >= 0.6 is 0 Å². The fraction of sp³-hybridized carbons (Fsp3) is 0.269. The van der Waals surface area contributed by atoms with Crippen LogP contribution in [-0.2, 0) is 11.2 Å². The molecule has 7 heteroatoms. The van der Waals surface area contributed by atoms with Crippen molar-refractivity contribution in [1.29, 1.82) is 5.26 Å². The van der Waals surface area contributed by atoms with Gasteiger partial charge in [0.25, 0.3) is 0 Å². The molecule has 1 aromatic heterocycles. The molecule has 3 aromatic rings. The topological polar surface area (TPSA) is 124 Å². The van der Waals surface area contributed by atoms with E-state index in [9.17, 15) is 4.79 Å². The van der Waals surface area contributed by atoms with E-state index in [1.807, 2.05) is 66.7 Å². The van der Waals surface area contributed by atoms with Crippen molar-refractivity contribution in [2.45, 2.75) is 25.7 Å². The number of carbonyl (C=O) groups is 1. The van der Waals surface area contributed by atoms with Crippen LogP contribution in [0, 0.1) is 11.3 Å². The van der Waals surface area contributed by atoms with Crippen molar-refractivity contribution in [3.05, 3.63) is 89.7 Å². The Morgan fingerprint density at radius 2 is 1.82 bits per heavy atom. The minimum absolute atomic E-state index is 0.0463. The monoisotopic (exact) mass is 445 g/mol. The maximum absolute atomic E-state index is 10.8. The molecule has 0 aliphatic carbocycles. The van der Waals surface area contributed by atoms with E-state index >= 15 is 0 Å². The Bertz CT molecular complexity index is 1010. The van der Waals surface area contributed by atoms with E-state index in [1.54, 1.807) is 6.20 Å². The number of aliphatic carboxylic acids is 1. The molecule has 7 nitrogen and oxygen atoms in total. The van der Waals surface area contributed by atoms with Gasteiger partial charge in [-0.05, 0) is 30.0 Å². The number of anilines is 2. The Labute approximate surface area is 195 Å². The highest BCUT2D eigenvalue weighted by Crippen LogP contribution is 2.20. The Hall–Kier alpha value is -3.89. The molecule has 1 heterocycles.